The highest BCUT2D eigenvalue weighted by Crippen LogP contribution is 2.03. The molecule has 2 nitrogen and oxygen atoms in total. The van der Waals surface area contributed by atoms with Gasteiger partial charge in [0.25, 0.3) is 0 Å². The van der Waals surface area contributed by atoms with Crippen LogP contribution in [0.25, 0.3) is 6.08 Å². The predicted octanol–water partition coefficient (Wildman–Crippen LogP) is 1.30. The van der Waals surface area contributed by atoms with Crippen molar-refractivity contribution in [3.63, 3.8) is 0 Å². The van der Waals surface area contributed by atoms with Crippen molar-refractivity contribution in [3.8, 4) is 0 Å². The number of benzene rings is 1. The number of hydrogen-bond donors (Lipinski definition) is 1. The molecule has 0 aliphatic heterocycles. The maximum atomic E-state index is 12.8. The molecule has 0 saturated carbocycles. The summed E-state index contributed by atoms with van der Waals surface area (Å²) in [6.07, 6.45) is 2.36. The van der Waals surface area contributed by atoms with E-state index in [-0.39, 0.29) is 5.82 Å². The largest absolute Gasteiger partial charge is 0.478 e. The van der Waals surface area contributed by atoms with Gasteiger partial charge in [0.1, 0.15) is 13.1 Å². The first kappa shape index (κ1) is 10.5. The zero-order chi connectivity index (χ0) is 10.6. The lowest BCUT2D eigenvalue weighted by Gasteiger charge is -2.01. The first-order chi connectivity index (χ1) is 6.63. The van der Waals surface area contributed by atoms with Gasteiger partial charge in [-0.1, -0.05) is 18.4 Å². The van der Waals surface area contributed by atoms with E-state index in [1.54, 1.807) is 13.3 Å². The van der Waals surface area contributed by atoms with E-state index < -0.39 is 5.97 Å². The van der Waals surface area contributed by atoms with Crippen molar-refractivity contribution in [1.82, 2.24) is 0 Å². The van der Waals surface area contributed by atoms with Crippen molar-refractivity contribution in [2.75, 3.05) is 0 Å². The van der Waals surface area contributed by atoms with Crippen LogP contribution in [0.4, 0.5) is 4.39 Å². The molecule has 4 heteroatoms. The third-order valence-corrected chi connectivity index (χ3v) is 1.77. The van der Waals surface area contributed by atoms with Crippen LogP contribution in [0.3, 0.4) is 0 Å². The summed E-state index contributed by atoms with van der Waals surface area (Å²) in [5.74, 6) is -1.42. The monoisotopic (exact) mass is 191 g/mol. The average Bonchev–Trinajstić information content (AvgIpc) is 2.15. The van der Waals surface area contributed by atoms with Crippen molar-refractivity contribution >= 4 is 24.8 Å². The second-order valence-corrected chi connectivity index (χ2v) is 2.73. The fourth-order valence-electron chi connectivity index (χ4n) is 1.11. The Morgan fingerprint density at radius 1 is 1.57 bits per heavy atom. The zero-order valence-electron chi connectivity index (χ0n) is 7.70. The fourth-order valence-corrected chi connectivity index (χ4v) is 1.11. The molecule has 0 aromatic heterocycles. The normalized spacial score (nSPS) is 10.4. The number of aliphatic carboxylic acids is 1. The van der Waals surface area contributed by atoms with Gasteiger partial charge in [0, 0.05) is 6.08 Å². The molecular formula is C10H9BFO2. The fraction of sp³-hybridized carbons (Fsp3) is 0.100. The van der Waals surface area contributed by atoms with Crippen LogP contribution in [0.2, 0.25) is 6.82 Å². The summed E-state index contributed by atoms with van der Waals surface area (Å²) in [4.78, 5) is 10.3. The molecule has 0 heterocycles. The van der Waals surface area contributed by atoms with Gasteiger partial charge in [0.2, 0.25) is 0 Å². The standard InChI is InChI=1S/C10H9BFO2/c1-11-9-4-3-8(12)6-7(9)2-5-10(13)14/h2-6H,1H3,(H,13,14)/b5-2+. The van der Waals surface area contributed by atoms with E-state index in [0.717, 1.165) is 11.5 Å². The predicted molar refractivity (Wildman–Crippen MR) is 54.3 cm³/mol. The number of carboxylic acid groups (broad SMARTS) is 1. The van der Waals surface area contributed by atoms with Gasteiger partial charge in [0.15, 0.2) is 0 Å². The lowest BCUT2D eigenvalue weighted by molar-refractivity contribution is -0.131. The van der Waals surface area contributed by atoms with Crippen LogP contribution >= 0.6 is 0 Å². The van der Waals surface area contributed by atoms with Crippen LogP contribution in [-0.4, -0.2) is 18.4 Å². The Bertz CT molecular complexity index is 374. The summed E-state index contributed by atoms with van der Waals surface area (Å²) in [7, 11) is 1.79. The lowest BCUT2D eigenvalue weighted by Crippen LogP contribution is -2.14. The second-order valence-electron chi connectivity index (χ2n) is 2.73. The summed E-state index contributed by atoms with van der Waals surface area (Å²) in [5, 5.41) is 8.42. The molecule has 0 atom stereocenters. The van der Waals surface area contributed by atoms with Crippen molar-refractivity contribution in [2.24, 2.45) is 0 Å². The summed E-state index contributed by atoms with van der Waals surface area (Å²) < 4.78 is 12.8. The van der Waals surface area contributed by atoms with Gasteiger partial charge in [-0.25, -0.2) is 9.18 Å². The Morgan fingerprint density at radius 3 is 2.86 bits per heavy atom. The number of carbonyl (C=O) groups is 1. The van der Waals surface area contributed by atoms with Crippen LogP contribution in [0.1, 0.15) is 5.56 Å². The topological polar surface area (TPSA) is 37.3 Å². The van der Waals surface area contributed by atoms with Crippen molar-refractivity contribution in [1.29, 1.82) is 0 Å². The SMILES string of the molecule is C[B]c1ccc(F)cc1/C=C/C(=O)O. The highest BCUT2D eigenvalue weighted by atomic mass is 19.1. The molecule has 1 rings (SSSR count). The third-order valence-electron chi connectivity index (χ3n) is 1.77. The minimum atomic E-state index is -1.05. The molecule has 0 unspecified atom stereocenters. The van der Waals surface area contributed by atoms with Gasteiger partial charge in [-0.3, -0.25) is 0 Å². The van der Waals surface area contributed by atoms with Crippen LogP contribution in [0, 0.1) is 5.82 Å². The number of rotatable bonds is 3. The molecule has 0 saturated heterocycles. The van der Waals surface area contributed by atoms with Gasteiger partial charge in [-0.05, 0) is 23.8 Å². The maximum Gasteiger partial charge on any atom is 0.328 e. The van der Waals surface area contributed by atoms with Crippen LogP contribution < -0.4 is 5.46 Å². The van der Waals surface area contributed by atoms with E-state index >= 15 is 0 Å². The first-order valence-electron chi connectivity index (χ1n) is 4.13. The molecule has 0 bridgehead atoms. The van der Waals surface area contributed by atoms with E-state index in [1.807, 2.05) is 6.82 Å². The van der Waals surface area contributed by atoms with Crippen molar-refractivity contribution in [3.05, 3.63) is 35.7 Å². The molecule has 0 amide bonds. The number of hydrogen-bond acceptors (Lipinski definition) is 1. The van der Waals surface area contributed by atoms with Gasteiger partial charge >= 0.3 is 5.97 Å². The molecule has 0 aliphatic carbocycles. The van der Waals surface area contributed by atoms with E-state index in [0.29, 0.717) is 5.56 Å². The maximum absolute atomic E-state index is 12.8. The van der Waals surface area contributed by atoms with Gasteiger partial charge in [-0.15, -0.1) is 0 Å². The molecular weight excluding hydrogens is 182 g/mol. The van der Waals surface area contributed by atoms with Crippen molar-refractivity contribution in [2.45, 2.75) is 6.82 Å². The molecule has 1 N–H and O–H groups in total. The molecule has 0 fully saturated rings. The summed E-state index contributed by atoms with van der Waals surface area (Å²) in [6.45, 7) is 1.81. The van der Waals surface area contributed by atoms with Gasteiger partial charge in [-0.2, -0.15) is 0 Å². The molecule has 0 aliphatic rings. The zero-order valence-corrected chi connectivity index (χ0v) is 7.70. The molecule has 1 aromatic carbocycles. The molecule has 0 spiro atoms. The number of halogens is 1. The minimum absolute atomic E-state index is 0.374. The summed E-state index contributed by atoms with van der Waals surface area (Å²) >= 11 is 0. The Labute approximate surface area is 82.3 Å². The second kappa shape index (κ2) is 4.60. The van der Waals surface area contributed by atoms with Crippen LogP contribution in [0.5, 0.6) is 0 Å². The molecule has 71 valence electrons. The Balaban J connectivity index is 3.04. The van der Waals surface area contributed by atoms with Crippen molar-refractivity contribution < 1.29 is 14.3 Å². The number of carboxylic acids is 1. The highest BCUT2D eigenvalue weighted by molar-refractivity contribution is 6.53. The molecule has 1 aromatic rings. The Hall–Kier alpha value is -1.58. The Morgan fingerprint density at radius 2 is 2.29 bits per heavy atom. The van der Waals surface area contributed by atoms with Gasteiger partial charge in [0.05, 0.1) is 0 Å². The first-order valence-corrected chi connectivity index (χ1v) is 4.13. The van der Waals surface area contributed by atoms with Crippen LogP contribution in [0.15, 0.2) is 24.3 Å². The van der Waals surface area contributed by atoms with E-state index in [4.69, 9.17) is 5.11 Å². The smallest absolute Gasteiger partial charge is 0.328 e. The lowest BCUT2D eigenvalue weighted by atomic mass is 9.71. The summed E-state index contributed by atoms with van der Waals surface area (Å²) in [5.41, 5.74) is 1.37. The minimum Gasteiger partial charge on any atom is -0.478 e. The molecule has 1 radical (unpaired) electrons. The summed E-state index contributed by atoms with van der Waals surface area (Å²) in [6, 6.07) is 4.25. The van der Waals surface area contributed by atoms with Gasteiger partial charge < -0.3 is 5.11 Å². The average molecular weight is 191 g/mol. The Kier molecular flexibility index (Phi) is 3.45. The molecule has 14 heavy (non-hydrogen) atoms. The quantitative estimate of drug-likeness (QED) is 0.577. The van der Waals surface area contributed by atoms with E-state index in [2.05, 4.69) is 0 Å². The van der Waals surface area contributed by atoms with E-state index in [1.165, 1.54) is 18.2 Å². The highest BCUT2D eigenvalue weighted by Gasteiger charge is 2.00. The van der Waals surface area contributed by atoms with Crippen LogP contribution in [-0.2, 0) is 4.79 Å². The third kappa shape index (κ3) is 2.73. The van der Waals surface area contributed by atoms with E-state index in [9.17, 15) is 9.18 Å².